The fourth-order valence-electron chi connectivity index (χ4n) is 2.82. The van der Waals surface area contributed by atoms with E-state index in [1.807, 2.05) is 12.1 Å². The summed E-state index contributed by atoms with van der Waals surface area (Å²) in [6.45, 7) is 1.02. The lowest BCUT2D eigenvalue weighted by atomic mass is 10.1. The third kappa shape index (κ3) is 4.42. The number of ether oxygens (including phenoxy) is 2. The molecule has 0 bridgehead atoms. The van der Waals surface area contributed by atoms with Crippen LogP contribution in [0.25, 0.3) is 0 Å². The van der Waals surface area contributed by atoms with Crippen LogP contribution in [-0.2, 0) is 11.2 Å². The number of halogens is 1. The van der Waals surface area contributed by atoms with Gasteiger partial charge in [-0.3, -0.25) is 9.59 Å². The van der Waals surface area contributed by atoms with Crippen LogP contribution in [0.4, 0.5) is 5.69 Å². The molecule has 27 heavy (non-hydrogen) atoms. The largest absolute Gasteiger partial charge is 0.486 e. The lowest BCUT2D eigenvalue weighted by molar-refractivity contribution is -0.115. The second-order valence-corrected chi connectivity index (χ2v) is 7.49. The predicted octanol–water partition coefficient (Wildman–Crippen LogP) is 3.29. The van der Waals surface area contributed by atoms with Gasteiger partial charge in [0, 0.05) is 21.8 Å². The Labute approximate surface area is 165 Å². The predicted molar refractivity (Wildman–Crippen MR) is 104 cm³/mol. The van der Waals surface area contributed by atoms with Gasteiger partial charge in [0.15, 0.2) is 11.5 Å². The summed E-state index contributed by atoms with van der Waals surface area (Å²) in [6.07, 6.45) is 2.30. The summed E-state index contributed by atoms with van der Waals surface area (Å²) in [6, 6.07) is 10.9. The highest BCUT2D eigenvalue weighted by Crippen LogP contribution is 2.35. The van der Waals surface area contributed by atoms with Crippen LogP contribution in [0.3, 0.4) is 0 Å². The lowest BCUT2D eigenvalue weighted by Crippen LogP contribution is -2.25. The molecule has 0 radical (unpaired) electrons. The van der Waals surface area contributed by atoms with Crippen molar-refractivity contribution >= 4 is 33.4 Å². The molecule has 1 aliphatic heterocycles. The number of carbonyl (C=O) groups excluding carboxylic acids is 2. The number of carbonyl (C=O) groups is 2. The van der Waals surface area contributed by atoms with Crippen LogP contribution >= 0.6 is 15.9 Å². The summed E-state index contributed by atoms with van der Waals surface area (Å²) in [5, 5.41) is 5.79. The Morgan fingerprint density at radius 1 is 1.04 bits per heavy atom. The molecule has 140 valence electrons. The number of rotatable bonds is 5. The van der Waals surface area contributed by atoms with Crippen molar-refractivity contribution in [1.82, 2.24) is 5.32 Å². The topological polar surface area (TPSA) is 76.7 Å². The van der Waals surface area contributed by atoms with E-state index in [1.54, 1.807) is 24.3 Å². The molecule has 0 unspecified atom stereocenters. The lowest BCUT2D eigenvalue weighted by Gasteiger charge is -2.19. The molecule has 1 heterocycles. The number of fused-ring (bicyclic) bond motifs is 1. The Kier molecular flexibility index (Phi) is 5.03. The Morgan fingerprint density at radius 3 is 2.37 bits per heavy atom. The average Bonchev–Trinajstić information content (AvgIpc) is 3.47. The van der Waals surface area contributed by atoms with Crippen molar-refractivity contribution in [2.24, 2.45) is 0 Å². The van der Waals surface area contributed by atoms with Gasteiger partial charge in [-0.05, 0) is 54.8 Å². The van der Waals surface area contributed by atoms with Crippen LogP contribution in [-0.4, -0.2) is 31.1 Å². The smallest absolute Gasteiger partial charge is 0.251 e. The Bertz CT molecular complexity index is 878. The Balaban J connectivity index is 1.38. The molecule has 2 N–H and O–H groups in total. The van der Waals surface area contributed by atoms with Gasteiger partial charge in [0.1, 0.15) is 13.2 Å². The number of hydrogen-bond acceptors (Lipinski definition) is 4. The maximum absolute atomic E-state index is 12.4. The van der Waals surface area contributed by atoms with E-state index in [1.165, 1.54) is 0 Å². The van der Waals surface area contributed by atoms with E-state index in [2.05, 4.69) is 26.6 Å². The van der Waals surface area contributed by atoms with Crippen molar-refractivity contribution in [3.63, 3.8) is 0 Å². The molecule has 0 spiro atoms. The zero-order valence-corrected chi connectivity index (χ0v) is 16.2. The van der Waals surface area contributed by atoms with E-state index in [4.69, 9.17) is 9.47 Å². The second kappa shape index (κ2) is 7.60. The van der Waals surface area contributed by atoms with Crippen LogP contribution < -0.4 is 20.1 Å². The highest BCUT2D eigenvalue weighted by molar-refractivity contribution is 9.10. The minimum absolute atomic E-state index is 0.0735. The second-order valence-electron chi connectivity index (χ2n) is 6.64. The van der Waals surface area contributed by atoms with Crippen LogP contribution in [0.1, 0.15) is 28.8 Å². The monoisotopic (exact) mass is 430 g/mol. The summed E-state index contributed by atoms with van der Waals surface area (Å²) in [7, 11) is 0. The third-order valence-electron chi connectivity index (χ3n) is 4.41. The quantitative estimate of drug-likeness (QED) is 0.762. The van der Waals surface area contributed by atoms with E-state index in [0.717, 1.165) is 22.9 Å². The van der Waals surface area contributed by atoms with Gasteiger partial charge in [0.2, 0.25) is 5.91 Å². The molecule has 0 atom stereocenters. The molecule has 1 saturated carbocycles. The maximum atomic E-state index is 12.4. The van der Waals surface area contributed by atoms with E-state index in [-0.39, 0.29) is 18.2 Å². The fraction of sp³-hybridized carbons (Fsp3) is 0.300. The summed E-state index contributed by atoms with van der Waals surface area (Å²) in [5.74, 6) is 1.11. The maximum Gasteiger partial charge on any atom is 0.251 e. The van der Waals surface area contributed by atoms with Crippen molar-refractivity contribution in [1.29, 1.82) is 0 Å². The molecule has 7 heteroatoms. The Morgan fingerprint density at radius 2 is 1.70 bits per heavy atom. The van der Waals surface area contributed by atoms with Crippen molar-refractivity contribution in [2.75, 3.05) is 18.5 Å². The first-order chi connectivity index (χ1) is 13.1. The molecule has 0 aromatic heterocycles. The minimum Gasteiger partial charge on any atom is -0.486 e. The number of anilines is 1. The number of hydrogen-bond donors (Lipinski definition) is 2. The average molecular weight is 431 g/mol. The molecule has 4 rings (SSSR count). The fourth-order valence-corrected chi connectivity index (χ4v) is 3.28. The molecule has 2 aromatic carbocycles. The molecule has 1 aliphatic carbocycles. The molecule has 2 aliphatic rings. The van der Waals surface area contributed by atoms with Gasteiger partial charge in [-0.25, -0.2) is 0 Å². The van der Waals surface area contributed by atoms with E-state index in [0.29, 0.717) is 42.0 Å². The van der Waals surface area contributed by atoms with Crippen molar-refractivity contribution in [2.45, 2.75) is 25.3 Å². The molecular weight excluding hydrogens is 412 g/mol. The van der Waals surface area contributed by atoms with Crippen LogP contribution in [0, 0.1) is 0 Å². The standard InChI is InChI=1S/C20H19BrN2O4/c21-16-11-18-17(26-7-8-27-18)9-13(16)10-19(24)22-14-3-1-12(2-4-14)20(25)23-15-5-6-15/h1-4,9,11,15H,5-8,10H2,(H,22,24)(H,23,25). The third-order valence-corrected chi connectivity index (χ3v) is 5.14. The number of amides is 2. The van der Waals surface area contributed by atoms with Crippen molar-refractivity contribution < 1.29 is 19.1 Å². The zero-order valence-electron chi connectivity index (χ0n) is 14.6. The van der Waals surface area contributed by atoms with Gasteiger partial charge in [-0.2, -0.15) is 0 Å². The zero-order chi connectivity index (χ0) is 18.8. The highest BCUT2D eigenvalue weighted by Gasteiger charge is 2.23. The van der Waals surface area contributed by atoms with Crippen LogP contribution in [0.2, 0.25) is 0 Å². The van der Waals surface area contributed by atoms with Gasteiger partial charge in [0.05, 0.1) is 6.42 Å². The van der Waals surface area contributed by atoms with Crippen molar-refractivity contribution in [3.05, 3.63) is 52.0 Å². The van der Waals surface area contributed by atoms with Gasteiger partial charge < -0.3 is 20.1 Å². The first-order valence-electron chi connectivity index (χ1n) is 8.87. The van der Waals surface area contributed by atoms with Gasteiger partial charge in [0.25, 0.3) is 5.91 Å². The molecule has 6 nitrogen and oxygen atoms in total. The summed E-state index contributed by atoms with van der Waals surface area (Å²) >= 11 is 3.48. The van der Waals surface area contributed by atoms with E-state index >= 15 is 0 Å². The first kappa shape index (κ1) is 17.9. The number of nitrogens with one attached hydrogen (secondary N) is 2. The summed E-state index contributed by atoms with van der Waals surface area (Å²) in [4.78, 5) is 24.4. The van der Waals surface area contributed by atoms with Gasteiger partial charge >= 0.3 is 0 Å². The SMILES string of the molecule is O=C(Cc1cc2c(cc1Br)OCCO2)Nc1ccc(C(=O)NC2CC2)cc1. The van der Waals surface area contributed by atoms with Crippen LogP contribution in [0.15, 0.2) is 40.9 Å². The van der Waals surface area contributed by atoms with Crippen molar-refractivity contribution in [3.8, 4) is 11.5 Å². The Hall–Kier alpha value is -2.54. The van der Waals surface area contributed by atoms with E-state index in [9.17, 15) is 9.59 Å². The normalized spacial score (nSPS) is 15.1. The molecule has 2 aromatic rings. The van der Waals surface area contributed by atoms with Gasteiger partial charge in [-0.15, -0.1) is 0 Å². The first-order valence-corrected chi connectivity index (χ1v) is 9.66. The van der Waals surface area contributed by atoms with Gasteiger partial charge in [-0.1, -0.05) is 15.9 Å². The summed E-state index contributed by atoms with van der Waals surface area (Å²) in [5.41, 5.74) is 2.06. The molecular formula is C20H19BrN2O4. The molecule has 0 saturated heterocycles. The minimum atomic E-state index is -0.150. The number of benzene rings is 2. The van der Waals surface area contributed by atoms with E-state index < -0.39 is 0 Å². The summed E-state index contributed by atoms with van der Waals surface area (Å²) < 4.78 is 11.9. The highest BCUT2D eigenvalue weighted by atomic mass is 79.9. The molecule has 2 amide bonds. The van der Waals surface area contributed by atoms with Crippen LogP contribution in [0.5, 0.6) is 11.5 Å². The molecule has 1 fully saturated rings.